The molecule has 0 heterocycles. The van der Waals surface area contributed by atoms with Gasteiger partial charge in [0.05, 0.1) is 0 Å². The summed E-state index contributed by atoms with van der Waals surface area (Å²) in [5, 5.41) is 15.9. The van der Waals surface area contributed by atoms with Gasteiger partial charge >= 0.3 is 11.9 Å². The van der Waals surface area contributed by atoms with Crippen molar-refractivity contribution in [1.82, 2.24) is 0 Å². The normalized spacial score (nSPS) is 7.90. The van der Waals surface area contributed by atoms with E-state index >= 15 is 0 Å². The molecule has 5 heteroatoms. The molecule has 0 amide bonds. The molecule has 0 saturated heterocycles. The van der Waals surface area contributed by atoms with Crippen LogP contribution in [-0.2, 0) is 14.3 Å². The lowest BCUT2D eigenvalue weighted by Gasteiger charge is -1.93. The Morgan fingerprint density at radius 3 is 2.60 bits per heavy atom. The molecule has 0 bridgehead atoms. The standard InChI is InChI=1S/C5H5NO4/c6-1-2-10-5(9)3-4(7)8/h2-3H2,(H,7,8). The van der Waals surface area contributed by atoms with Crippen molar-refractivity contribution in [1.29, 1.82) is 5.26 Å². The number of carbonyl (C=O) groups is 2. The maximum Gasteiger partial charge on any atom is 0.318 e. The van der Waals surface area contributed by atoms with Crippen molar-refractivity contribution in [3.8, 4) is 6.07 Å². The van der Waals surface area contributed by atoms with Gasteiger partial charge in [-0.1, -0.05) is 0 Å². The molecule has 0 unspecified atom stereocenters. The molecule has 0 rings (SSSR count). The summed E-state index contributed by atoms with van der Waals surface area (Å²) in [5.74, 6) is -2.16. The molecule has 0 atom stereocenters. The first kappa shape index (κ1) is 8.43. The highest BCUT2D eigenvalue weighted by Crippen LogP contribution is 1.84. The van der Waals surface area contributed by atoms with Crippen LogP contribution in [0, 0.1) is 11.3 Å². The molecular weight excluding hydrogens is 138 g/mol. The van der Waals surface area contributed by atoms with E-state index in [0.29, 0.717) is 0 Å². The quantitative estimate of drug-likeness (QED) is 0.426. The van der Waals surface area contributed by atoms with E-state index < -0.39 is 25.0 Å². The minimum Gasteiger partial charge on any atom is -0.481 e. The summed E-state index contributed by atoms with van der Waals surface area (Å²) in [6.45, 7) is -0.397. The van der Waals surface area contributed by atoms with Crippen molar-refractivity contribution in [2.75, 3.05) is 6.61 Å². The molecule has 0 aromatic carbocycles. The average Bonchev–Trinajstić information content (AvgIpc) is 1.82. The van der Waals surface area contributed by atoms with Crippen molar-refractivity contribution in [2.24, 2.45) is 0 Å². The Morgan fingerprint density at radius 2 is 2.20 bits per heavy atom. The lowest BCUT2D eigenvalue weighted by molar-refractivity contribution is -0.150. The maximum absolute atomic E-state index is 10.3. The first-order valence-corrected chi connectivity index (χ1v) is 2.41. The third kappa shape index (κ3) is 4.59. The molecule has 5 nitrogen and oxygen atoms in total. The van der Waals surface area contributed by atoms with Gasteiger partial charge in [-0.3, -0.25) is 9.59 Å². The van der Waals surface area contributed by atoms with Crippen LogP contribution in [0.25, 0.3) is 0 Å². The van der Waals surface area contributed by atoms with Gasteiger partial charge in [-0.25, -0.2) is 0 Å². The smallest absolute Gasteiger partial charge is 0.318 e. The van der Waals surface area contributed by atoms with Crippen LogP contribution < -0.4 is 0 Å². The molecule has 0 aliphatic carbocycles. The second-order valence-corrected chi connectivity index (χ2v) is 1.39. The van der Waals surface area contributed by atoms with E-state index in [2.05, 4.69) is 4.74 Å². The van der Waals surface area contributed by atoms with Crippen molar-refractivity contribution in [3.05, 3.63) is 0 Å². The number of esters is 1. The molecule has 0 aliphatic heterocycles. The van der Waals surface area contributed by atoms with Crippen molar-refractivity contribution >= 4 is 11.9 Å². The number of nitrogens with zero attached hydrogens (tertiary/aromatic N) is 1. The first-order valence-electron chi connectivity index (χ1n) is 2.41. The Kier molecular flexibility index (Phi) is 3.64. The van der Waals surface area contributed by atoms with Crippen molar-refractivity contribution in [3.63, 3.8) is 0 Å². The fourth-order valence-corrected chi connectivity index (χ4v) is 0.287. The molecular formula is C5H5NO4. The van der Waals surface area contributed by atoms with Gasteiger partial charge in [0.2, 0.25) is 0 Å². The van der Waals surface area contributed by atoms with Gasteiger partial charge in [0, 0.05) is 0 Å². The zero-order valence-electron chi connectivity index (χ0n) is 5.03. The highest BCUT2D eigenvalue weighted by Gasteiger charge is 2.07. The number of hydrogen-bond acceptors (Lipinski definition) is 4. The van der Waals surface area contributed by atoms with E-state index in [0.717, 1.165) is 0 Å². The Hall–Kier alpha value is -1.57. The molecule has 54 valence electrons. The number of ether oxygens (including phenoxy) is 1. The van der Waals surface area contributed by atoms with Crippen LogP contribution >= 0.6 is 0 Å². The summed E-state index contributed by atoms with van der Waals surface area (Å²) in [4.78, 5) is 20.0. The molecule has 0 fully saturated rings. The second kappa shape index (κ2) is 4.32. The number of carboxylic acids is 1. The van der Waals surface area contributed by atoms with Gasteiger partial charge < -0.3 is 9.84 Å². The fraction of sp³-hybridized carbons (Fsp3) is 0.400. The Labute approximate surface area is 56.8 Å². The zero-order valence-corrected chi connectivity index (χ0v) is 5.03. The zero-order chi connectivity index (χ0) is 7.98. The van der Waals surface area contributed by atoms with Crippen molar-refractivity contribution in [2.45, 2.75) is 6.42 Å². The summed E-state index contributed by atoms with van der Waals surface area (Å²) in [6, 6.07) is 1.54. The van der Waals surface area contributed by atoms with Crippen molar-refractivity contribution < 1.29 is 19.4 Å². The average molecular weight is 143 g/mol. The number of carbonyl (C=O) groups excluding carboxylic acids is 1. The summed E-state index contributed by atoms with van der Waals surface area (Å²) in [7, 11) is 0. The lowest BCUT2D eigenvalue weighted by Crippen LogP contribution is -2.10. The highest BCUT2D eigenvalue weighted by molar-refractivity contribution is 5.90. The summed E-state index contributed by atoms with van der Waals surface area (Å²) < 4.78 is 4.12. The SMILES string of the molecule is N#CCOC(=O)CC(=O)O. The van der Waals surface area contributed by atoms with Crippen LogP contribution in [0.15, 0.2) is 0 Å². The van der Waals surface area contributed by atoms with Gasteiger partial charge in [0.15, 0.2) is 6.61 Å². The molecule has 0 aliphatic rings. The van der Waals surface area contributed by atoms with Crippen LogP contribution in [-0.4, -0.2) is 23.7 Å². The number of aliphatic carboxylic acids is 1. The fourth-order valence-electron chi connectivity index (χ4n) is 0.287. The van der Waals surface area contributed by atoms with Gasteiger partial charge in [0.1, 0.15) is 12.5 Å². The van der Waals surface area contributed by atoms with Crippen LogP contribution in [0.2, 0.25) is 0 Å². The Morgan fingerprint density at radius 1 is 1.60 bits per heavy atom. The lowest BCUT2D eigenvalue weighted by atomic mass is 10.4. The third-order valence-electron chi connectivity index (χ3n) is 0.593. The predicted octanol–water partition coefficient (Wildman–Crippen LogP) is -0.472. The first-order chi connectivity index (χ1) is 4.66. The van der Waals surface area contributed by atoms with Gasteiger partial charge in [-0.05, 0) is 0 Å². The van der Waals surface area contributed by atoms with Gasteiger partial charge in [-0.15, -0.1) is 0 Å². The van der Waals surface area contributed by atoms with Gasteiger partial charge in [0.25, 0.3) is 0 Å². The molecule has 0 spiro atoms. The van der Waals surface area contributed by atoms with E-state index in [1.165, 1.54) is 6.07 Å². The molecule has 0 aromatic heterocycles. The summed E-state index contributed by atoms with van der Waals surface area (Å²) >= 11 is 0. The van der Waals surface area contributed by atoms with E-state index in [1.807, 2.05) is 0 Å². The Bertz CT molecular complexity index is 181. The molecule has 0 saturated carbocycles. The second-order valence-electron chi connectivity index (χ2n) is 1.39. The van der Waals surface area contributed by atoms with E-state index in [-0.39, 0.29) is 0 Å². The maximum atomic E-state index is 10.3. The molecule has 0 aromatic rings. The topological polar surface area (TPSA) is 87.4 Å². The van der Waals surface area contributed by atoms with E-state index in [4.69, 9.17) is 10.4 Å². The molecule has 1 N–H and O–H groups in total. The van der Waals surface area contributed by atoms with Crippen LogP contribution in [0.1, 0.15) is 6.42 Å². The summed E-state index contributed by atoms with van der Waals surface area (Å²) in [6.07, 6.45) is -0.693. The van der Waals surface area contributed by atoms with Crippen LogP contribution in [0.5, 0.6) is 0 Å². The van der Waals surface area contributed by atoms with Crippen LogP contribution in [0.4, 0.5) is 0 Å². The molecule has 0 radical (unpaired) electrons. The highest BCUT2D eigenvalue weighted by atomic mass is 16.5. The minimum atomic E-state index is -1.26. The largest absolute Gasteiger partial charge is 0.481 e. The monoisotopic (exact) mass is 143 g/mol. The van der Waals surface area contributed by atoms with Gasteiger partial charge in [-0.2, -0.15) is 5.26 Å². The number of rotatable bonds is 3. The third-order valence-corrected chi connectivity index (χ3v) is 0.593. The number of carboxylic acid groups (broad SMARTS) is 1. The van der Waals surface area contributed by atoms with E-state index in [1.54, 1.807) is 0 Å². The summed E-state index contributed by atoms with van der Waals surface area (Å²) in [5.41, 5.74) is 0. The predicted molar refractivity (Wildman–Crippen MR) is 28.8 cm³/mol. The number of hydrogen-bond donors (Lipinski definition) is 1. The number of nitriles is 1. The molecule has 10 heavy (non-hydrogen) atoms. The Balaban J connectivity index is 3.47. The van der Waals surface area contributed by atoms with E-state index in [9.17, 15) is 9.59 Å². The minimum absolute atomic E-state index is 0.397. The van der Waals surface area contributed by atoms with Crippen LogP contribution in [0.3, 0.4) is 0 Å².